The third-order valence-electron chi connectivity index (χ3n) is 3.49. The molecule has 0 aliphatic carbocycles. The number of hydrazine groups is 2. The molecule has 4 N–H and O–H groups in total. The number of urea groups is 1. The van der Waals surface area contributed by atoms with Crippen molar-refractivity contribution >= 4 is 51.6 Å². The Balaban J connectivity index is 1.90. The van der Waals surface area contributed by atoms with Crippen molar-refractivity contribution < 1.29 is 24.0 Å². The van der Waals surface area contributed by atoms with Crippen LogP contribution >= 0.6 is 23.5 Å². The number of benzene rings is 2. The monoisotopic (exact) mass is 446 g/mol. The van der Waals surface area contributed by atoms with Crippen LogP contribution in [0.4, 0.5) is 4.79 Å². The molecule has 2 aromatic carbocycles. The Labute approximate surface area is 180 Å². The van der Waals surface area contributed by atoms with Crippen LogP contribution in [0.1, 0.15) is 20.7 Å². The number of thioether (sulfide) groups is 2. The summed E-state index contributed by atoms with van der Waals surface area (Å²) in [7, 11) is 0. The average molecular weight is 447 g/mol. The number of nitrogens with zero attached hydrogens (tertiary/aromatic N) is 1. The normalized spacial score (nSPS) is 10.0. The van der Waals surface area contributed by atoms with Crippen molar-refractivity contribution in [3.63, 3.8) is 0 Å². The number of nitrogens with one attached hydrogen (secondary N) is 2. The first-order valence-electron chi connectivity index (χ1n) is 8.49. The zero-order chi connectivity index (χ0) is 21.9. The Bertz CT molecular complexity index is 925. The number of rotatable bonds is 6. The highest BCUT2D eigenvalue weighted by Crippen LogP contribution is 2.14. The van der Waals surface area contributed by atoms with Gasteiger partial charge in [0.15, 0.2) is 0 Å². The molecule has 2 aromatic rings. The van der Waals surface area contributed by atoms with Gasteiger partial charge in [-0.1, -0.05) is 84.2 Å². The van der Waals surface area contributed by atoms with Crippen molar-refractivity contribution in [3.05, 3.63) is 71.8 Å². The van der Waals surface area contributed by atoms with E-state index in [9.17, 15) is 24.0 Å². The second kappa shape index (κ2) is 11.8. The maximum absolute atomic E-state index is 12.3. The van der Waals surface area contributed by atoms with Crippen LogP contribution in [0.2, 0.25) is 0 Å². The summed E-state index contributed by atoms with van der Waals surface area (Å²) < 4.78 is 0. The summed E-state index contributed by atoms with van der Waals surface area (Å²) in [6.45, 7) is 0. The molecule has 11 heteroatoms. The second-order valence-corrected chi connectivity index (χ2v) is 7.49. The van der Waals surface area contributed by atoms with Crippen LogP contribution in [0.5, 0.6) is 0 Å². The summed E-state index contributed by atoms with van der Waals surface area (Å²) in [6.07, 6.45) is 0. The lowest BCUT2D eigenvalue weighted by molar-refractivity contribution is -0.134. The molecule has 0 saturated carbocycles. The summed E-state index contributed by atoms with van der Waals surface area (Å²) in [5.41, 5.74) is 4.65. The first-order chi connectivity index (χ1) is 14.4. The minimum absolute atomic E-state index is 0.328. The van der Waals surface area contributed by atoms with Crippen molar-refractivity contribution in [1.82, 2.24) is 15.9 Å². The zero-order valence-corrected chi connectivity index (χ0v) is 17.2. The molecule has 0 atom stereocenters. The molecule has 0 radical (unpaired) electrons. The van der Waals surface area contributed by atoms with Gasteiger partial charge in [-0.05, 0) is 0 Å². The van der Waals surface area contributed by atoms with Gasteiger partial charge in [0, 0.05) is 11.1 Å². The summed E-state index contributed by atoms with van der Waals surface area (Å²) in [5.74, 6) is 2.70. The van der Waals surface area contributed by atoms with E-state index in [-0.39, 0.29) is 16.0 Å². The van der Waals surface area contributed by atoms with E-state index < -0.39 is 23.6 Å². The van der Waals surface area contributed by atoms with Crippen molar-refractivity contribution in [1.29, 1.82) is 0 Å². The maximum Gasteiger partial charge on any atom is 0.357 e. The van der Waals surface area contributed by atoms with Crippen molar-refractivity contribution in [2.24, 2.45) is 5.84 Å². The van der Waals surface area contributed by atoms with Crippen molar-refractivity contribution in [2.75, 3.05) is 11.5 Å². The van der Waals surface area contributed by atoms with E-state index in [0.717, 1.165) is 0 Å². The fraction of sp³-hybridized carbons (Fsp3) is 0.105. The highest BCUT2D eigenvalue weighted by molar-refractivity contribution is 8.14. The van der Waals surface area contributed by atoms with Gasteiger partial charge in [0.25, 0.3) is 5.91 Å². The smallest absolute Gasteiger partial charge is 0.282 e. The number of hydrogen-bond acceptors (Lipinski definition) is 8. The molecule has 0 aliphatic heterocycles. The molecule has 30 heavy (non-hydrogen) atoms. The highest BCUT2D eigenvalue weighted by atomic mass is 32.2. The first-order valence-corrected chi connectivity index (χ1v) is 10.5. The minimum Gasteiger partial charge on any atom is -0.282 e. The third kappa shape index (κ3) is 7.03. The number of hydrogen-bond donors (Lipinski definition) is 3. The first kappa shape index (κ1) is 23.1. The quantitative estimate of drug-likeness (QED) is 0.345. The molecule has 4 amide bonds. The minimum atomic E-state index is -1.08. The molecule has 156 valence electrons. The lowest BCUT2D eigenvalue weighted by Gasteiger charge is -2.20. The van der Waals surface area contributed by atoms with Crippen LogP contribution in [-0.4, -0.2) is 44.6 Å². The predicted molar refractivity (Wildman–Crippen MR) is 114 cm³/mol. The molecule has 2 rings (SSSR count). The van der Waals surface area contributed by atoms with E-state index in [1.165, 1.54) is 0 Å². The van der Waals surface area contributed by atoms with E-state index in [0.29, 0.717) is 39.7 Å². The van der Waals surface area contributed by atoms with Crippen molar-refractivity contribution in [3.8, 4) is 0 Å². The fourth-order valence-corrected chi connectivity index (χ4v) is 3.40. The molecule has 0 unspecified atom stereocenters. The van der Waals surface area contributed by atoms with Crippen LogP contribution in [0, 0.1) is 0 Å². The molecule has 0 saturated heterocycles. The zero-order valence-electron chi connectivity index (χ0n) is 15.6. The molecule has 0 bridgehead atoms. The molecule has 0 fully saturated rings. The topological polar surface area (TPSA) is 139 Å². The summed E-state index contributed by atoms with van der Waals surface area (Å²) in [6, 6.07) is 15.5. The van der Waals surface area contributed by atoms with Crippen LogP contribution < -0.4 is 16.7 Å². The Morgan fingerprint density at radius 2 is 1.23 bits per heavy atom. The number of amides is 4. The van der Waals surface area contributed by atoms with Crippen LogP contribution in [0.3, 0.4) is 0 Å². The molecule has 9 nitrogen and oxygen atoms in total. The van der Waals surface area contributed by atoms with Crippen LogP contribution in [-0.2, 0) is 9.59 Å². The Morgan fingerprint density at radius 3 is 1.70 bits per heavy atom. The van der Waals surface area contributed by atoms with Gasteiger partial charge in [-0.2, -0.15) is 5.01 Å². The van der Waals surface area contributed by atoms with Crippen LogP contribution in [0.25, 0.3) is 0 Å². The number of carbonyl (C=O) groups excluding carboxylic acids is 5. The molecule has 0 aliphatic rings. The molecule has 0 spiro atoms. The number of carbonyl (C=O) groups is 5. The Hall–Kier alpha value is -3.15. The van der Waals surface area contributed by atoms with Gasteiger partial charge in [-0.15, -0.1) is 0 Å². The lowest BCUT2D eigenvalue weighted by Crippen LogP contribution is -2.56. The third-order valence-corrected chi connectivity index (χ3v) is 5.29. The molecular weight excluding hydrogens is 428 g/mol. The van der Waals surface area contributed by atoms with Gasteiger partial charge in [0.2, 0.25) is 16.1 Å². The van der Waals surface area contributed by atoms with E-state index in [4.69, 9.17) is 5.84 Å². The Morgan fingerprint density at radius 1 is 0.767 bits per heavy atom. The molecule has 0 aromatic heterocycles. The summed E-state index contributed by atoms with van der Waals surface area (Å²) >= 11 is 1.39. The highest BCUT2D eigenvalue weighted by Gasteiger charge is 2.24. The number of nitrogens with two attached hydrogens (primary N) is 1. The maximum atomic E-state index is 12.3. The molecular formula is C19H18N4O5S2. The Kier molecular flexibility index (Phi) is 9.06. The summed E-state index contributed by atoms with van der Waals surface area (Å²) in [5, 5.41) is -0.329. The van der Waals surface area contributed by atoms with Gasteiger partial charge in [-0.25, -0.2) is 10.6 Å². The lowest BCUT2D eigenvalue weighted by atomic mass is 10.2. The van der Waals surface area contributed by atoms with Gasteiger partial charge < -0.3 is 0 Å². The number of imide groups is 1. The predicted octanol–water partition coefficient (Wildman–Crippen LogP) is 1.58. The fourth-order valence-electron chi connectivity index (χ4n) is 2.09. The summed E-state index contributed by atoms with van der Waals surface area (Å²) in [4.78, 5) is 60.4. The van der Waals surface area contributed by atoms with E-state index in [1.807, 2.05) is 0 Å². The second-order valence-electron chi connectivity index (χ2n) is 5.60. The standard InChI is InChI=1S/C19H18N4O5S2/c20-21-19(28)23(16(25)12-30-18(27)14-9-5-2-6-10-14)22-15(24)11-29-17(26)13-7-3-1-4-8-13/h1-10H,11-12,20H2,(H,21,28)(H,22,24). The average Bonchev–Trinajstić information content (AvgIpc) is 2.79. The van der Waals surface area contributed by atoms with Gasteiger partial charge in [0.05, 0.1) is 11.5 Å². The molecule has 0 heterocycles. The largest absolute Gasteiger partial charge is 0.357 e. The van der Waals surface area contributed by atoms with Gasteiger partial charge in [-0.3, -0.25) is 30.0 Å². The van der Waals surface area contributed by atoms with Crippen LogP contribution in [0.15, 0.2) is 60.7 Å². The van der Waals surface area contributed by atoms with Gasteiger partial charge >= 0.3 is 6.03 Å². The SMILES string of the molecule is NNC(=O)N(NC(=O)CSC(=O)c1ccccc1)C(=O)CSC(=O)c1ccccc1. The van der Waals surface area contributed by atoms with E-state index in [2.05, 4.69) is 5.43 Å². The van der Waals surface area contributed by atoms with Crippen molar-refractivity contribution in [2.45, 2.75) is 0 Å². The van der Waals surface area contributed by atoms with E-state index in [1.54, 1.807) is 66.1 Å². The van der Waals surface area contributed by atoms with E-state index >= 15 is 0 Å². The van der Waals surface area contributed by atoms with Gasteiger partial charge in [0.1, 0.15) is 0 Å².